The lowest BCUT2D eigenvalue weighted by Crippen LogP contribution is -2.15. The van der Waals surface area contributed by atoms with Crippen LogP contribution in [-0.4, -0.2) is 0 Å². The number of fused-ring (bicyclic) bond motifs is 1. The van der Waals surface area contributed by atoms with Crippen molar-refractivity contribution in [3.63, 3.8) is 0 Å². The fraction of sp³-hybridized carbons (Fsp3) is 0.429. The molecule has 0 aromatic heterocycles. The summed E-state index contributed by atoms with van der Waals surface area (Å²) in [5, 5.41) is 2.77. The van der Waals surface area contributed by atoms with Gasteiger partial charge in [-0.1, -0.05) is 93.8 Å². The molecule has 4 rings (SSSR count). The summed E-state index contributed by atoms with van der Waals surface area (Å²) in [6, 6.07) is 23.2. The molecule has 0 nitrogen and oxygen atoms in total. The fourth-order valence-electron chi connectivity index (χ4n) is 4.89. The predicted molar refractivity (Wildman–Crippen MR) is 122 cm³/mol. The van der Waals surface area contributed by atoms with Gasteiger partial charge in [-0.2, -0.15) is 0 Å². The van der Waals surface area contributed by atoms with Crippen molar-refractivity contribution in [2.45, 2.75) is 65.2 Å². The molecule has 0 atom stereocenters. The second-order valence-electron chi connectivity index (χ2n) is 8.86. The van der Waals surface area contributed by atoms with Crippen LogP contribution in [0.15, 0.2) is 60.7 Å². The van der Waals surface area contributed by atoms with Crippen molar-refractivity contribution in [2.75, 3.05) is 0 Å². The number of rotatable bonds is 6. The minimum absolute atomic E-state index is 0.894. The summed E-state index contributed by atoms with van der Waals surface area (Å²) in [7, 11) is 0. The highest BCUT2D eigenvalue weighted by Gasteiger charge is 2.20. The Balaban J connectivity index is 1.43. The van der Waals surface area contributed by atoms with Crippen molar-refractivity contribution >= 4 is 10.8 Å². The van der Waals surface area contributed by atoms with Crippen LogP contribution in [0.3, 0.4) is 0 Å². The Kier molecular flexibility index (Phi) is 6.15. The van der Waals surface area contributed by atoms with Crippen molar-refractivity contribution < 1.29 is 0 Å². The normalized spacial score (nSPS) is 19.8. The highest BCUT2D eigenvalue weighted by molar-refractivity contribution is 5.84. The SMILES string of the molecule is CCc1ccc(Cc2ccc3cc(CC4CCC(CC)CC4)ccc3c2)cc1. The molecule has 0 radical (unpaired) electrons. The Morgan fingerprint density at radius 3 is 1.79 bits per heavy atom. The van der Waals surface area contributed by atoms with Gasteiger partial charge < -0.3 is 0 Å². The molecule has 3 aromatic rings. The molecule has 146 valence electrons. The molecular formula is C28H34. The minimum atomic E-state index is 0.894. The average Bonchev–Trinajstić information content (AvgIpc) is 2.75. The van der Waals surface area contributed by atoms with Gasteiger partial charge in [-0.15, -0.1) is 0 Å². The van der Waals surface area contributed by atoms with Crippen LogP contribution in [0, 0.1) is 11.8 Å². The van der Waals surface area contributed by atoms with E-state index in [0.29, 0.717) is 0 Å². The Morgan fingerprint density at radius 2 is 1.14 bits per heavy atom. The second-order valence-corrected chi connectivity index (χ2v) is 8.86. The van der Waals surface area contributed by atoms with Gasteiger partial charge in [0.1, 0.15) is 0 Å². The fourth-order valence-corrected chi connectivity index (χ4v) is 4.89. The summed E-state index contributed by atoms with van der Waals surface area (Å²) < 4.78 is 0. The topological polar surface area (TPSA) is 0 Å². The second kappa shape index (κ2) is 8.95. The lowest BCUT2D eigenvalue weighted by molar-refractivity contribution is 0.268. The molecule has 0 heterocycles. The lowest BCUT2D eigenvalue weighted by atomic mass is 9.78. The molecule has 0 heteroatoms. The van der Waals surface area contributed by atoms with Gasteiger partial charge in [-0.05, 0) is 77.0 Å². The third-order valence-electron chi connectivity index (χ3n) is 6.88. The largest absolute Gasteiger partial charge is 0.0651 e. The zero-order valence-corrected chi connectivity index (χ0v) is 17.6. The van der Waals surface area contributed by atoms with Gasteiger partial charge in [0.05, 0.1) is 0 Å². The maximum absolute atomic E-state index is 2.43. The summed E-state index contributed by atoms with van der Waals surface area (Å²) >= 11 is 0. The number of hydrogen-bond donors (Lipinski definition) is 0. The van der Waals surface area contributed by atoms with Crippen LogP contribution in [0.4, 0.5) is 0 Å². The van der Waals surface area contributed by atoms with E-state index in [1.807, 2.05) is 0 Å². The molecule has 0 bridgehead atoms. The minimum Gasteiger partial charge on any atom is -0.0651 e. The molecule has 0 spiro atoms. The monoisotopic (exact) mass is 370 g/mol. The first kappa shape index (κ1) is 19.2. The maximum Gasteiger partial charge on any atom is -0.00255 e. The van der Waals surface area contributed by atoms with Gasteiger partial charge in [-0.3, -0.25) is 0 Å². The molecule has 3 aromatic carbocycles. The first-order valence-corrected chi connectivity index (χ1v) is 11.3. The van der Waals surface area contributed by atoms with E-state index < -0.39 is 0 Å². The van der Waals surface area contributed by atoms with Crippen LogP contribution in [-0.2, 0) is 19.3 Å². The molecule has 0 unspecified atom stereocenters. The first-order chi connectivity index (χ1) is 13.7. The standard InChI is InChI=1S/C28H34/c1-3-21-5-9-23(10-6-21)17-25-13-15-28-20-26(14-16-27(28)19-25)18-24-11-7-22(4-2)8-12-24/h5-6,9-10,13-16,19-20,22,24H,3-4,7-8,11-12,17-18H2,1-2H3. The molecule has 1 aliphatic carbocycles. The van der Waals surface area contributed by atoms with E-state index in [0.717, 1.165) is 24.7 Å². The summed E-state index contributed by atoms with van der Waals surface area (Å²) in [5.41, 5.74) is 5.74. The molecule has 1 aliphatic rings. The van der Waals surface area contributed by atoms with Crippen LogP contribution < -0.4 is 0 Å². The van der Waals surface area contributed by atoms with Crippen molar-refractivity contribution in [2.24, 2.45) is 11.8 Å². The Bertz CT molecular complexity index is 895. The van der Waals surface area contributed by atoms with E-state index in [2.05, 4.69) is 74.5 Å². The lowest BCUT2D eigenvalue weighted by Gasteiger charge is -2.27. The van der Waals surface area contributed by atoms with E-state index in [1.54, 1.807) is 0 Å². The van der Waals surface area contributed by atoms with E-state index >= 15 is 0 Å². The number of benzene rings is 3. The number of hydrogen-bond acceptors (Lipinski definition) is 0. The zero-order chi connectivity index (χ0) is 19.3. The smallest absolute Gasteiger partial charge is 0.00255 e. The van der Waals surface area contributed by atoms with Crippen molar-refractivity contribution in [3.8, 4) is 0 Å². The molecule has 0 amide bonds. The third kappa shape index (κ3) is 4.66. The summed E-state index contributed by atoms with van der Waals surface area (Å²) in [6.07, 6.45) is 10.5. The highest BCUT2D eigenvalue weighted by atomic mass is 14.3. The summed E-state index contributed by atoms with van der Waals surface area (Å²) in [6.45, 7) is 4.56. The number of aryl methyl sites for hydroxylation is 1. The van der Waals surface area contributed by atoms with E-state index in [4.69, 9.17) is 0 Å². The van der Waals surface area contributed by atoms with Crippen LogP contribution >= 0.6 is 0 Å². The summed E-state index contributed by atoms with van der Waals surface area (Å²) in [5.74, 6) is 1.88. The Morgan fingerprint density at radius 1 is 0.607 bits per heavy atom. The van der Waals surface area contributed by atoms with E-state index in [-0.39, 0.29) is 0 Å². The van der Waals surface area contributed by atoms with Gasteiger partial charge >= 0.3 is 0 Å². The summed E-state index contributed by atoms with van der Waals surface area (Å²) in [4.78, 5) is 0. The Labute approximate surface area is 171 Å². The van der Waals surface area contributed by atoms with Crippen molar-refractivity contribution in [3.05, 3.63) is 82.9 Å². The van der Waals surface area contributed by atoms with Crippen LogP contribution in [0.2, 0.25) is 0 Å². The van der Waals surface area contributed by atoms with Gasteiger partial charge in [0.25, 0.3) is 0 Å². The maximum atomic E-state index is 2.43. The molecular weight excluding hydrogens is 336 g/mol. The Hall–Kier alpha value is -2.08. The molecule has 0 aliphatic heterocycles. The van der Waals surface area contributed by atoms with Crippen molar-refractivity contribution in [1.82, 2.24) is 0 Å². The molecule has 0 N–H and O–H groups in total. The van der Waals surface area contributed by atoms with Crippen LogP contribution in [0.5, 0.6) is 0 Å². The van der Waals surface area contributed by atoms with Crippen LogP contribution in [0.1, 0.15) is 68.2 Å². The van der Waals surface area contributed by atoms with E-state index in [1.165, 1.54) is 71.6 Å². The quantitative estimate of drug-likeness (QED) is 0.416. The van der Waals surface area contributed by atoms with E-state index in [9.17, 15) is 0 Å². The van der Waals surface area contributed by atoms with Gasteiger partial charge in [0.2, 0.25) is 0 Å². The van der Waals surface area contributed by atoms with Crippen LogP contribution in [0.25, 0.3) is 10.8 Å². The van der Waals surface area contributed by atoms with Gasteiger partial charge in [0, 0.05) is 0 Å². The average molecular weight is 371 g/mol. The molecule has 28 heavy (non-hydrogen) atoms. The molecule has 0 saturated heterocycles. The third-order valence-corrected chi connectivity index (χ3v) is 6.88. The zero-order valence-electron chi connectivity index (χ0n) is 17.6. The van der Waals surface area contributed by atoms with Gasteiger partial charge in [0.15, 0.2) is 0 Å². The van der Waals surface area contributed by atoms with Gasteiger partial charge in [-0.25, -0.2) is 0 Å². The first-order valence-electron chi connectivity index (χ1n) is 11.3. The van der Waals surface area contributed by atoms with Crippen molar-refractivity contribution in [1.29, 1.82) is 0 Å². The molecule has 1 saturated carbocycles. The highest BCUT2D eigenvalue weighted by Crippen LogP contribution is 2.33. The molecule has 1 fully saturated rings. The predicted octanol–water partition coefficient (Wildman–Crippen LogP) is 7.75.